The molecular weight excluding hydrogens is 524 g/mol. The van der Waals surface area contributed by atoms with Crippen LogP contribution in [0.4, 0.5) is 22.7 Å². The fourth-order valence-corrected chi connectivity index (χ4v) is 6.72. The molecule has 0 radical (unpaired) electrons. The first-order valence-electron chi connectivity index (χ1n) is 16.1. The second kappa shape index (κ2) is 14.7. The van der Waals surface area contributed by atoms with Gasteiger partial charge in [-0.1, -0.05) is 79.7 Å². The Bertz CT molecular complexity index is 1360. The van der Waals surface area contributed by atoms with Gasteiger partial charge in [-0.25, -0.2) is 0 Å². The molecule has 2 aliphatic heterocycles. The number of anilines is 4. The van der Waals surface area contributed by atoms with Crippen molar-refractivity contribution in [1.29, 1.82) is 0 Å². The van der Waals surface area contributed by atoms with E-state index >= 15 is 0 Å². The number of fused-ring (bicyclic) bond motifs is 4. The van der Waals surface area contributed by atoms with Crippen LogP contribution >= 0.6 is 0 Å². The Morgan fingerprint density at radius 1 is 0.535 bits per heavy atom. The maximum absolute atomic E-state index is 2.53. The van der Waals surface area contributed by atoms with Crippen LogP contribution in [0.25, 0.3) is 0 Å². The molecule has 1 atom stereocenters. The van der Waals surface area contributed by atoms with E-state index in [0.29, 0.717) is 5.92 Å². The van der Waals surface area contributed by atoms with E-state index in [-0.39, 0.29) is 0 Å². The molecule has 1 unspecified atom stereocenters. The first-order chi connectivity index (χ1) is 20.9. The van der Waals surface area contributed by atoms with Crippen LogP contribution in [0.2, 0.25) is 0 Å². The molecule has 4 nitrogen and oxygen atoms in total. The van der Waals surface area contributed by atoms with Gasteiger partial charge in [0, 0.05) is 42.4 Å². The predicted molar refractivity (Wildman–Crippen MR) is 185 cm³/mol. The van der Waals surface area contributed by atoms with E-state index in [1.54, 1.807) is 0 Å². The fraction of sp³-hybridized carbons (Fsp3) is 0.385. The van der Waals surface area contributed by atoms with Crippen LogP contribution in [0, 0.1) is 5.92 Å². The minimum Gasteiger partial charge on any atom is -0.341 e. The Kier molecular flexibility index (Phi) is 10.6. The molecule has 0 amide bonds. The summed E-state index contributed by atoms with van der Waals surface area (Å²) in [5.74, 6) is 0.620. The third-order valence-corrected chi connectivity index (χ3v) is 8.62. The highest BCUT2D eigenvalue weighted by atomic mass is 15.2. The molecule has 0 aromatic heterocycles. The smallest absolute Gasteiger partial charge is 0.0443 e. The van der Waals surface area contributed by atoms with E-state index in [9.17, 15) is 0 Å². The van der Waals surface area contributed by atoms with Gasteiger partial charge in [0.2, 0.25) is 0 Å². The second-order valence-electron chi connectivity index (χ2n) is 12.8. The second-order valence-corrected chi connectivity index (χ2v) is 12.8. The maximum Gasteiger partial charge on any atom is 0.0443 e. The van der Waals surface area contributed by atoms with Gasteiger partial charge in [-0.2, -0.15) is 0 Å². The lowest BCUT2D eigenvalue weighted by molar-refractivity contribution is 0.343. The van der Waals surface area contributed by atoms with Crippen molar-refractivity contribution >= 4 is 22.7 Å². The van der Waals surface area contributed by atoms with Gasteiger partial charge in [0.15, 0.2) is 0 Å². The average Bonchev–Trinajstić information content (AvgIpc) is 3.26. The van der Waals surface area contributed by atoms with Gasteiger partial charge in [0.1, 0.15) is 0 Å². The maximum atomic E-state index is 2.53. The quantitative estimate of drug-likeness (QED) is 0.211. The zero-order chi connectivity index (χ0) is 30.2. The lowest BCUT2D eigenvalue weighted by atomic mass is 10.0. The van der Waals surface area contributed by atoms with Crippen LogP contribution in [-0.4, -0.2) is 64.2 Å². The van der Waals surface area contributed by atoms with Gasteiger partial charge in [0.05, 0.1) is 0 Å². The van der Waals surface area contributed by atoms with Gasteiger partial charge < -0.3 is 19.6 Å². The van der Waals surface area contributed by atoms with Crippen LogP contribution < -0.4 is 9.80 Å². The molecule has 4 aromatic carbocycles. The summed E-state index contributed by atoms with van der Waals surface area (Å²) in [6, 6.07) is 35.5. The molecule has 2 aliphatic rings. The molecule has 4 aromatic rings. The number of para-hydroxylation sites is 4. The molecule has 0 spiro atoms. The molecule has 0 bridgehead atoms. The monoisotopic (exact) mass is 574 g/mol. The SMILES string of the molecule is CC(CN(C)C)CN1c2ccccc2CCc2ccccc21.CN(C)CCCN1c2ccccc2CCc2ccccc21. The third-order valence-electron chi connectivity index (χ3n) is 8.62. The van der Waals surface area contributed by atoms with E-state index in [2.05, 4.69) is 152 Å². The molecule has 6 rings (SSSR count). The van der Waals surface area contributed by atoms with Crippen molar-refractivity contribution in [2.24, 2.45) is 5.92 Å². The molecule has 0 aliphatic carbocycles. The first kappa shape index (κ1) is 30.8. The minimum absolute atomic E-state index is 0.620. The highest BCUT2D eigenvalue weighted by Gasteiger charge is 2.22. The topological polar surface area (TPSA) is 13.0 Å². The highest BCUT2D eigenvalue weighted by Crippen LogP contribution is 2.37. The van der Waals surface area contributed by atoms with E-state index in [1.165, 1.54) is 51.4 Å². The Labute approximate surface area is 260 Å². The summed E-state index contributed by atoms with van der Waals surface area (Å²) < 4.78 is 0. The fourth-order valence-electron chi connectivity index (χ4n) is 6.72. The number of hydrogen-bond donors (Lipinski definition) is 0. The summed E-state index contributed by atoms with van der Waals surface area (Å²) in [6.07, 6.45) is 5.71. The number of rotatable bonds is 8. The van der Waals surface area contributed by atoms with E-state index in [0.717, 1.165) is 51.9 Å². The molecule has 0 saturated carbocycles. The lowest BCUT2D eigenvalue weighted by Crippen LogP contribution is -2.30. The standard InChI is InChI=1S/C20H26N2.C19H24N2/c1-16(14-21(2)3)15-22-19-10-6-4-8-17(19)12-13-18-9-5-7-11-20(18)22;1-20(2)14-7-15-21-18-10-5-3-8-16(18)12-13-17-9-4-6-11-19(17)21/h4-11,16H,12-15H2,1-3H3;3-6,8-11H,7,12-15H2,1-2H3. The largest absolute Gasteiger partial charge is 0.341 e. The number of benzene rings is 4. The first-order valence-corrected chi connectivity index (χ1v) is 16.1. The van der Waals surface area contributed by atoms with Crippen LogP contribution in [0.3, 0.4) is 0 Å². The third kappa shape index (κ3) is 7.87. The van der Waals surface area contributed by atoms with Gasteiger partial charge in [-0.15, -0.1) is 0 Å². The van der Waals surface area contributed by atoms with Crippen molar-refractivity contribution in [2.45, 2.75) is 39.0 Å². The number of nitrogens with zero attached hydrogens (tertiary/aromatic N) is 4. The van der Waals surface area contributed by atoms with E-state index in [4.69, 9.17) is 0 Å². The van der Waals surface area contributed by atoms with Crippen molar-refractivity contribution < 1.29 is 0 Å². The molecule has 0 N–H and O–H groups in total. The average molecular weight is 575 g/mol. The molecule has 226 valence electrons. The van der Waals surface area contributed by atoms with E-state index < -0.39 is 0 Å². The van der Waals surface area contributed by atoms with Crippen molar-refractivity contribution in [3.63, 3.8) is 0 Å². The van der Waals surface area contributed by atoms with Gasteiger partial charge in [0.25, 0.3) is 0 Å². The number of aryl methyl sites for hydroxylation is 4. The Balaban J connectivity index is 0.000000171. The zero-order valence-corrected chi connectivity index (χ0v) is 27.0. The molecule has 0 fully saturated rings. The van der Waals surface area contributed by atoms with Crippen LogP contribution in [0.1, 0.15) is 35.6 Å². The van der Waals surface area contributed by atoms with Gasteiger partial charge in [-0.3, -0.25) is 0 Å². The summed E-state index contributed by atoms with van der Waals surface area (Å²) in [5.41, 5.74) is 11.4. The highest BCUT2D eigenvalue weighted by molar-refractivity contribution is 5.72. The minimum atomic E-state index is 0.620. The van der Waals surface area contributed by atoms with Crippen molar-refractivity contribution in [2.75, 3.05) is 64.2 Å². The predicted octanol–water partition coefficient (Wildman–Crippen LogP) is 8.00. The summed E-state index contributed by atoms with van der Waals surface area (Å²) >= 11 is 0. The Morgan fingerprint density at radius 2 is 0.907 bits per heavy atom. The summed E-state index contributed by atoms with van der Waals surface area (Å²) in [4.78, 5) is 9.59. The summed E-state index contributed by atoms with van der Waals surface area (Å²) in [5, 5.41) is 0. The molecule has 0 saturated heterocycles. The number of hydrogen-bond acceptors (Lipinski definition) is 4. The van der Waals surface area contributed by atoms with E-state index in [1.807, 2.05) is 0 Å². The normalized spacial score (nSPS) is 14.5. The van der Waals surface area contributed by atoms with Crippen molar-refractivity contribution in [3.8, 4) is 0 Å². The summed E-state index contributed by atoms with van der Waals surface area (Å²) in [7, 11) is 8.59. The zero-order valence-electron chi connectivity index (χ0n) is 27.0. The van der Waals surface area contributed by atoms with Crippen LogP contribution in [-0.2, 0) is 25.7 Å². The van der Waals surface area contributed by atoms with Crippen LogP contribution in [0.5, 0.6) is 0 Å². The Morgan fingerprint density at radius 3 is 1.28 bits per heavy atom. The summed E-state index contributed by atoms with van der Waals surface area (Å²) in [6.45, 7) is 6.72. The van der Waals surface area contributed by atoms with Crippen molar-refractivity contribution in [1.82, 2.24) is 9.80 Å². The van der Waals surface area contributed by atoms with Crippen molar-refractivity contribution in [3.05, 3.63) is 119 Å². The molecular formula is C39H50N4. The van der Waals surface area contributed by atoms with Gasteiger partial charge in [-0.05, 0) is 119 Å². The molecule has 2 heterocycles. The Hall–Kier alpha value is -3.60. The van der Waals surface area contributed by atoms with Crippen LogP contribution in [0.15, 0.2) is 97.1 Å². The van der Waals surface area contributed by atoms with Gasteiger partial charge >= 0.3 is 0 Å². The molecule has 43 heavy (non-hydrogen) atoms. The lowest BCUT2D eigenvalue weighted by Gasteiger charge is -2.30. The molecule has 4 heteroatoms.